The third kappa shape index (κ3) is 5.39. The van der Waals surface area contributed by atoms with E-state index in [0.717, 1.165) is 0 Å². The molecule has 126 valence electrons. The van der Waals surface area contributed by atoms with E-state index in [0.29, 0.717) is 24.7 Å². The number of aliphatic hydroxyl groups excluding tert-OH is 1. The maximum absolute atomic E-state index is 12.4. The Morgan fingerprint density at radius 1 is 1.41 bits per heavy atom. The molecule has 6 nitrogen and oxygen atoms in total. The first-order valence-corrected chi connectivity index (χ1v) is 9.00. The highest BCUT2D eigenvalue weighted by Gasteiger charge is 2.22. The van der Waals surface area contributed by atoms with Crippen LogP contribution in [0.1, 0.15) is 27.2 Å². The van der Waals surface area contributed by atoms with Gasteiger partial charge in [0.1, 0.15) is 10.7 Å². The van der Waals surface area contributed by atoms with Crippen LogP contribution in [0.15, 0.2) is 17.2 Å². The lowest BCUT2D eigenvalue weighted by atomic mass is 10.2. The first kappa shape index (κ1) is 19.2. The van der Waals surface area contributed by atoms with Crippen LogP contribution in [0.3, 0.4) is 0 Å². The summed E-state index contributed by atoms with van der Waals surface area (Å²) in [5.41, 5.74) is 0. The van der Waals surface area contributed by atoms with Gasteiger partial charge in [-0.3, -0.25) is 0 Å². The SMILES string of the molecule is CC(C)CNc1ncc(S(=O)(=O)N(C)CCC(C)O)cc1Cl. The van der Waals surface area contributed by atoms with E-state index in [1.54, 1.807) is 6.92 Å². The number of aromatic nitrogens is 1. The molecule has 1 rings (SSSR count). The van der Waals surface area contributed by atoms with E-state index in [1.165, 1.54) is 23.6 Å². The van der Waals surface area contributed by atoms with Crippen molar-refractivity contribution in [3.05, 3.63) is 17.3 Å². The van der Waals surface area contributed by atoms with E-state index in [-0.39, 0.29) is 16.5 Å². The molecule has 0 saturated heterocycles. The summed E-state index contributed by atoms with van der Waals surface area (Å²) in [6, 6.07) is 1.39. The summed E-state index contributed by atoms with van der Waals surface area (Å²) >= 11 is 6.10. The fourth-order valence-corrected chi connectivity index (χ4v) is 3.12. The predicted molar refractivity (Wildman–Crippen MR) is 88.7 cm³/mol. The van der Waals surface area contributed by atoms with Crippen LogP contribution in [-0.4, -0.2) is 49.1 Å². The average Bonchev–Trinajstić information content (AvgIpc) is 2.42. The summed E-state index contributed by atoms with van der Waals surface area (Å²) in [6.45, 7) is 6.65. The van der Waals surface area contributed by atoms with Crippen LogP contribution in [0.5, 0.6) is 0 Å². The van der Waals surface area contributed by atoms with E-state index in [9.17, 15) is 13.5 Å². The standard InChI is InChI=1S/C14H24ClN3O3S/c1-10(2)8-16-14-13(15)7-12(9-17-14)22(20,21)18(4)6-5-11(3)19/h7,9-11,19H,5-6,8H2,1-4H3,(H,16,17). The van der Waals surface area contributed by atoms with Crippen molar-refractivity contribution in [2.24, 2.45) is 5.92 Å². The molecule has 0 saturated carbocycles. The molecule has 0 fully saturated rings. The molecule has 0 aliphatic heterocycles. The van der Waals surface area contributed by atoms with E-state index >= 15 is 0 Å². The lowest BCUT2D eigenvalue weighted by Crippen LogP contribution is -2.29. The Labute approximate surface area is 137 Å². The van der Waals surface area contributed by atoms with Crippen molar-refractivity contribution < 1.29 is 13.5 Å². The minimum absolute atomic E-state index is 0.0423. The number of nitrogens with zero attached hydrogens (tertiary/aromatic N) is 2. The number of aliphatic hydroxyl groups is 1. The molecule has 1 unspecified atom stereocenters. The van der Waals surface area contributed by atoms with Crippen LogP contribution in [0.4, 0.5) is 5.82 Å². The van der Waals surface area contributed by atoms with Gasteiger partial charge in [0, 0.05) is 26.3 Å². The largest absolute Gasteiger partial charge is 0.393 e. The van der Waals surface area contributed by atoms with Crippen molar-refractivity contribution in [3.8, 4) is 0 Å². The number of hydrogen-bond donors (Lipinski definition) is 2. The number of nitrogens with one attached hydrogen (secondary N) is 1. The monoisotopic (exact) mass is 349 g/mol. The maximum atomic E-state index is 12.4. The Balaban J connectivity index is 2.89. The summed E-state index contributed by atoms with van der Waals surface area (Å²) in [4.78, 5) is 4.14. The van der Waals surface area contributed by atoms with Crippen LogP contribution in [0.25, 0.3) is 0 Å². The zero-order valence-electron chi connectivity index (χ0n) is 13.4. The van der Waals surface area contributed by atoms with Crippen LogP contribution < -0.4 is 5.32 Å². The highest BCUT2D eigenvalue weighted by molar-refractivity contribution is 7.89. The molecular weight excluding hydrogens is 326 g/mol. The van der Waals surface area contributed by atoms with Crippen molar-refractivity contribution >= 4 is 27.4 Å². The zero-order chi connectivity index (χ0) is 16.9. The van der Waals surface area contributed by atoms with Crippen molar-refractivity contribution in [2.75, 3.05) is 25.5 Å². The molecule has 1 heterocycles. The summed E-state index contributed by atoms with van der Waals surface area (Å²) in [7, 11) is -2.19. The van der Waals surface area contributed by atoms with E-state index < -0.39 is 16.1 Å². The normalized spacial score (nSPS) is 13.6. The fourth-order valence-electron chi connectivity index (χ4n) is 1.66. The van der Waals surface area contributed by atoms with Gasteiger partial charge in [-0.1, -0.05) is 25.4 Å². The number of pyridine rings is 1. The second kappa shape index (κ2) is 8.10. The molecule has 0 bridgehead atoms. The van der Waals surface area contributed by atoms with Crippen molar-refractivity contribution in [1.29, 1.82) is 0 Å². The van der Waals surface area contributed by atoms with Crippen LogP contribution in [-0.2, 0) is 10.0 Å². The fraction of sp³-hybridized carbons (Fsp3) is 0.643. The minimum atomic E-state index is -3.66. The van der Waals surface area contributed by atoms with Gasteiger partial charge in [0.2, 0.25) is 10.0 Å². The van der Waals surface area contributed by atoms with Gasteiger partial charge in [-0.25, -0.2) is 17.7 Å². The van der Waals surface area contributed by atoms with E-state index in [1.807, 2.05) is 0 Å². The molecule has 0 aromatic carbocycles. The molecule has 1 aromatic rings. The summed E-state index contributed by atoms with van der Waals surface area (Å²) in [5.74, 6) is 0.897. The molecule has 0 radical (unpaired) electrons. The molecule has 0 aliphatic rings. The Morgan fingerprint density at radius 3 is 2.55 bits per heavy atom. The summed E-state index contributed by atoms with van der Waals surface area (Å²) in [5, 5.41) is 12.6. The van der Waals surface area contributed by atoms with Gasteiger partial charge >= 0.3 is 0 Å². The van der Waals surface area contributed by atoms with Crippen LogP contribution in [0, 0.1) is 5.92 Å². The first-order valence-electron chi connectivity index (χ1n) is 7.18. The average molecular weight is 350 g/mol. The number of sulfonamides is 1. The molecule has 0 amide bonds. The lowest BCUT2D eigenvalue weighted by Gasteiger charge is -2.18. The predicted octanol–water partition coefficient (Wildman–Crippen LogP) is 2.19. The molecule has 1 atom stereocenters. The number of hydrogen-bond acceptors (Lipinski definition) is 5. The second-order valence-corrected chi connectivity index (χ2v) is 8.19. The molecular formula is C14H24ClN3O3S. The maximum Gasteiger partial charge on any atom is 0.244 e. The highest BCUT2D eigenvalue weighted by Crippen LogP contribution is 2.24. The Bertz CT molecular complexity index is 591. The zero-order valence-corrected chi connectivity index (χ0v) is 14.9. The number of halogens is 1. The Morgan fingerprint density at radius 2 is 2.05 bits per heavy atom. The lowest BCUT2D eigenvalue weighted by molar-refractivity contribution is 0.177. The topological polar surface area (TPSA) is 82.5 Å². The van der Waals surface area contributed by atoms with Crippen molar-refractivity contribution in [2.45, 2.75) is 38.2 Å². The highest BCUT2D eigenvalue weighted by atomic mass is 35.5. The molecule has 1 aromatic heterocycles. The van der Waals surface area contributed by atoms with Crippen LogP contribution >= 0.6 is 11.6 Å². The molecule has 8 heteroatoms. The van der Waals surface area contributed by atoms with Gasteiger partial charge in [0.15, 0.2) is 0 Å². The van der Waals surface area contributed by atoms with Gasteiger partial charge in [-0.05, 0) is 25.3 Å². The Kier molecular flexibility index (Phi) is 7.05. The summed E-state index contributed by atoms with van der Waals surface area (Å²) < 4.78 is 26.0. The van der Waals surface area contributed by atoms with E-state index in [4.69, 9.17) is 11.6 Å². The quantitative estimate of drug-likeness (QED) is 0.751. The van der Waals surface area contributed by atoms with E-state index in [2.05, 4.69) is 24.1 Å². The molecule has 22 heavy (non-hydrogen) atoms. The third-order valence-electron chi connectivity index (χ3n) is 3.06. The third-order valence-corrected chi connectivity index (χ3v) is 5.17. The number of anilines is 1. The molecule has 2 N–H and O–H groups in total. The minimum Gasteiger partial charge on any atom is -0.393 e. The second-order valence-electron chi connectivity index (χ2n) is 5.74. The summed E-state index contributed by atoms with van der Waals surface area (Å²) in [6.07, 6.45) is 1.11. The smallest absolute Gasteiger partial charge is 0.244 e. The molecule has 0 aliphatic carbocycles. The molecule has 0 spiro atoms. The number of rotatable bonds is 8. The van der Waals surface area contributed by atoms with Crippen molar-refractivity contribution in [1.82, 2.24) is 9.29 Å². The van der Waals surface area contributed by atoms with Crippen molar-refractivity contribution in [3.63, 3.8) is 0 Å². The first-order chi connectivity index (χ1) is 10.1. The van der Waals surface area contributed by atoms with Gasteiger partial charge in [0.25, 0.3) is 0 Å². The van der Waals surface area contributed by atoms with Crippen LogP contribution in [0.2, 0.25) is 5.02 Å². The van der Waals surface area contributed by atoms with Gasteiger partial charge in [-0.15, -0.1) is 0 Å². The Hall–Kier alpha value is -0.890. The van der Waals surface area contributed by atoms with Gasteiger partial charge in [-0.2, -0.15) is 0 Å². The van der Waals surface area contributed by atoms with Gasteiger partial charge < -0.3 is 10.4 Å². The van der Waals surface area contributed by atoms with Gasteiger partial charge in [0.05, 0.1) is 11.1 Å².